The normalized spacial score (nSPS) is 15.8. The molecule has 0 saturated heterocycles. The minimum Gasteiger partial charge on any atom is -0.451 e. The van der Waals surface area contributed by atoms with Crippen LogP contribution in [0, 0.1) is 0 Å². The molecule has 2 aromatic rings. The number of rotatable bonds is 1. The molecule has 5 nitrogen and oxygen atoms in total. The van der Waals surface area contributed by atoms with Crippen LogP contribution in [-0.2, 0) is 0 Å². The van der Waals surface area contributed by atoms with E-state index >= 15 is 0 Å². The first-order valence-corrected chi connectivity index (χ1v) is 5.48. The van der Waals surface area contributed by atoms with Crippen molar-refractivity contribution < 1.29 is 9.94 Å². The first kappa shape index (κ1) is 10.6. The van der Waals surface area contributed by atoms with Crippen molar-refractivity contribution in [3.8, 4) is 5.75 Å². The van der Waals surface area contributed by atoms with E-state index in [0.29, 0.717) is 17.2 Å². The third kappa shape index (κ3) is 1.87. The zero-order valence-corrected chi connectivity index (χ0v) is 9.42. The zero-order valence-electron chi connectivity index (χ0n) is 9.42. The average molecular weight is 241 g/mol. The number of aromatic nitrogens is 1. The Morgan fingerprint density at radius 3 is 2.89 bits per heavy atom. The van der Waals surface area contributed by atoms with Crippen LogP contribution in [0.2, 0.25) is 0 Å². The van der Waals surface area contributed by atoms with Gasteiger partial charge in [0.15, 0.2) is 17.3 Å². The maximum Gasteiger partial charge on any atom is 0.194 e. The Bertz CT molecular complexity index is 615. The van der Waals surface area contributed by atoms with Gasteiger partial charge in [0.2, 0.25) is 0 Å². The molecule has 3 N–H and O–H groups in total. The summed E-state index contributed by atoms with van der Waals surface area (Å²) in [5, 5.41) is 9.10. The first-order valence-electron chi connectivity index (χ1n) is 5.48. The Kier molecular flexibility index (Phi) is 2.59. The summed E-state index contributed by atoms with van der Waals surface area (Å²) in [6.45, 7) is 0. The van der Waals surface area contributed by atoms with Crippen molar-refractivity contribution in [1.82, 2.24) is 10.5 Å². The minimum absolute atomic E-state index is 0.281. The highest BCUT2D eigenvalue weighted by Gasteiger charge is 2.18. The van der Waals surface area contributed by atoms with E-state index in [2.05, 4.69) is 15.5 Å². The van der Waals surface area contributed by atoms with Gasteiger partial charge in [0.1, 0.15) is 5.69 Å². The van der Waals surface area contributed by atoms with Crippen molar-refractivity contribution >= 4 is 17.6 Å². The molecule has 0 radical (unpaired) electrons. The van der Waals surface area contributed by atoms with E-state index in [0.717, 1.165) is 5.69 Å². The lowest BCUT2D eigenvalue weighted by atomic mass is 10.2. The molecule has 0 atom stereocenters. The number of hydrogen-bond acceptors (Lipinski definition) is 4. The van der Waals surface area contributed by atoms with Crippen LogP contribution in [0.1, 0.15) is 5.69 Å². The van der Waals surface area contributed by atoms with Crippen molar-refractivity contribution in [3.63, 3.8) is 0 Å². The molecule has 0 aliphatic carbocycles. The predicted molar refractivity (Wildman–Crippen MR) is 67.9 cm³/mol. The number of nitrogens with zero attached hydrogens (tertiary/aromatic N) is 1. The summed E-state index contributed by atoms with van der Waals surface area (Å²) in [7, 11) is 0. The van der Waals surface area contributed by atoms with Crippen LogP contribution < -0.4 is 10.2 Å². The molecule has 0 saturated carbocycles. The Balaban J connectivity index is 2.04. The quantitative estimate of drug-likeness (QED) is 0.672. The van der Waals surface area contributed by atoms with Crippen LogP contribution in [0.3, 0.4) is 0 Å². The lowest BCUT2D eigenvalue weighted by Gasteiger charge is -2.18. The van der Waals surface area contributed by atoms with Gasteiger partial charge in [-0.3, -0.25) is 5.21 Å². The van der Waals surface area contributed by atoms with Gasteiger partial charge >= 0.3 is 0 Å². The number of nitrogens with one attached hydrogen (secondary N) is 2. The topological polar surface area (TPSA) is 69.6 Å². The second-order valence-electron chi connectivity index (χ2n) is 3.78. The standard InChI is InChI=1S/C13H11N3O2/c17-16-13-12(8-9-4-3-7-14-9)18-11-6-2-1-5-10(11)15-13/h1-8,14,17H,(H,15,16). The Morgan fingerprint density at radius 1 is 1.22 bits per heavy atom. The molecule has 2 heterocycles. The zero-order chi connectivity index (χ0) is 12.4. The van der Waals surface area contributed by atoms with Crippen molar-refractivity contribution in [2.75, 3.05) is 0 Å². The van der Waals surface area contributed by atoms with Gasteiger partial charge in [-0.25, -0.2) is 10.5 Å². The predicted octanol–water partition coefficient (Wildman–Crippen LogP) is 2.46. The van der Waals surface area contributed by atoms with Gasteiger partial charge in [0.25, 0.3) is 0 Å². The van der Waals surface area contributed by atoms with E-state index < -0.39 is 0 Å². The number of aromatic amines is 1. The highest BCUT2D eigenvalue weighted by molar-refractivity contribution is 6.02. The number of ether oxygens (including phenoxy) is 1. The summed E-state index contributed by atoms with van der Waals surface area (Å²) in [6.07, 6.45) is 3.57. The number of hydrogen-bond donors (Lipinski definition) is 3. The highest BCUT2D eigenvalue weighted by atomic mass is 16.5. The van der Waals surface area contributed by atoms with Crippen molar-refractivity contribution in [1.29, 1.82) is 0 Å². The van der Waals surface area contributed by atoms with Gasteiger partial charge in [0, 0.05) is 18.0 Å². The monoisotopic (exact) mass is 241 g/mol. The summed E-state index contributed by atoms with van der Waals surface area (Å²) in [5.74, 6) is 1.40. The van der Waals surface area contributed by atoms with Gasteiger partial charge in [-0.05, 0) is 24.3 Å². The average Bonchev–Trinajstić information content (AvgIpc) is 2.91. The molecule has 0 unspecified atom stereocenters. The lowest BCUT2D eigenvalue weighted by Crippen LogP contribution is -2.26. The molecule has 18 heavy (non-hydrogen) atoms. The molecule has 90 valence electrons. The fourth-order valence-electron chi connectivity index (χ4n) is 1.73. The van der Waals surface area contributed by atoms with Crippen molar-refractivity contribution in [2.45, 2.75) is 0 Å². The summed E-state index contributed by atoms with van der Waals surface area (Å²) < 4.78 is 5.70. The van der Waals surface area contributed by atoms with Gasteiger partial charge in [-0.15, -0.1) is 0 Å². The molecule has 0 fully saturated rings. The number of hydroxylamine groups is 1. The van der Waals surface area contributed by atoms with E-state index in [1.54, 1.807) is 6.08 Å². The van der Waals surface area contributed by atoms with Crippen LogP contribution >= 0.6 is 0 Å². The number of benzene rings is 1. The fraction of sp³-hybridized carbons (Fsp3) is 0. The second kappa shape index (κ2) is 4.38. The van der Waals surface area contributed by atoms with Crippen LogP contribution in [0.4, 0.5) is 5.69 Å². The number of para-hydroxylation sites is 2. The van der Waals surface area contributed by atoms with E-state index in [1.165, 1.54) is 0 Å². The third-order valence-electron chi connectivity index (χ3n) is 2.57. The Hall–Kier alpha value is -2.53. The van der Waals surface area contributed by atoms with E-state index in [-0.39, 0.29) is 5.84 Å². The van der Waals surface area contributed by atoms with Gasteiger partial charge in [-0.1, -0.05) is 12.1 Å². The molecule has 3 rings (SSSR count). The summed E-state index contributed by atoms with van der Waals surface area (Å²) in [6, 6.07) is 11.2. The SMILES string of the molecule is ONC1=Nc2ccccc2OC1=Cc1ccc[nH]1. The number of aliphatic imine (C=N–C) groups is 1. The molecule has 0 bridgehead atoms. The smallest absolute Gasteiger partial charge is 0.194 e. The maximum absolute atomic E-state index is 9.10. The summed E-state index contributed by atoms with van der Waals surface area (Å²) >= 11 is 0. The second-order valence-corrected chi connectivity index (χ2v) is 3.78. The van der Waals surface area contributed by atoms with Gasteiger partial charge in [0.05, 0.1) is 0 Å². The molecule has 5 heteroatoms. The molecular weight excluding hydrogens is 230 g/mol. The van der Waals surface area contributed by atoms with Crippen LogP contribution in [-0.4, -0.2) is 16.0 Å². The largest absolute Gasteiger partial charge is 0.451 e. The minimum atomic E-state index is 0.281. The van der Waals surface area contributed by atoms with Gasteiger partial charge in [-0.2, -0.15) is 0 Å². The van der Waals surface area contributed by atoms with E-state index in [1.807, 2.05) is 42.6 Å². The van der Waals surface area contributed by atoms with Crippen LogP contribution in [0.5, 0.6) is 5.75 Å². The first-order chi connectivity index (χ1) is 8.86. The summed E-state index contributed by atoms with van der Waals surface area (Å²) in [5.41, 5.74) is 3.60. The highest BCUT2D eigenvalue weighted by Crippen LogP contribution is 2.33. The Labute approximate surface area is 103 Å². The molecule has 1 aromatic heterocycles. The third-order valence-corrected chi connectivity index (χ3v) is 2.57. The van der Waals surface area contributed by atoms with E-state index in [4.69, 9.17) is 9.94 Å². The summed E-state index contributed by atoms with van der Waals surface area (Å²) in [4.78, 5) is 7.31. The number of fused-ring (bicyclic) bond motifs is 1. The lowest BCUT2D eigenvalue weighted by molar-refractivity contribution is 0.230. The van der Waals surface area contributed by atoms with Gasteiger partial charge < -0.3 is 9.72 Å². The molecule has 0 spiro atoms. The van der Waals surface area contributed by atoms with Crippen molar-refractivity contribution in [3.05, 3.63) is 54.0 Å². The molecule has 0 amide bonds. The molecule has 1 aromatic carbocycles. The Morgan fingerprint density at radius 2 is 2.11 bits per heavy atom. The van der Waals surface area contributed by atoms with Crippen molar-refractivity contribution in [2.24, 2.45) is 4.99 Å². The number of H-pyrrole nitrogens is 1. The number of amidine groups is 1. The van der Waals surface area contributed by atoms with E-state index in [9.17, 15) is 0 Å². The molecular formula is C13H11N3O2. The maximum atomic E-state index is 9.10. The molecule has 1 aliphatic heterocycles. The van der Waals surface area contributed by atoms with Crippen LogP contribution in [0.15, 0.2) is 53.3 Å². The van der Waals surface area contributed by atoms with Crippen LogP contribution in [0.25, 0.3) is 6.08 Å². The fourth-order valence-corrected chi connectivity index (χ4v) is 1.73. The molecule has 1 aliphatic rings.